The Labute approximate surface area is 141 Å². The van der Waals surface area contributed by atoms with Crippen molar-refractivity contribution in [3.8, 4) is 5.75 Å². The highest BCUT2D eigenvalue weighted by Crippen LogP contribution is 2.39. The second kappa shape index (κ2) is 5.93. The second-order valence-corrected chi connectivity index (χ2v) is 6.59. The Bertz CT molecular complexity index is 802. The van der Waals surface area contributed by atoms with Crippen LogP contribution >= 0.6 is 0 Å². The van der Waals surface area contributed by atoms with Crippen LogP contribution in [0.5, 0.6) is 5.75 Å². The van der Waals surface area contributed by atoms with Gasteiger partial charge in [0.1, 0.15) is 0 Å². The number of halogens is 1. The molecule has 0 fully saturated rings. The molecule has 0 spiro atoms. The number of carbonyl (C=O) groups is 1. The Morgan fingerprint density at radius 1 is 1.21 bits per heavy atom. The minimum absolute atomic E-state index is 0.0330. The van der Waals surface area contributed by atoms with Crippen LogP contribution in [0.3, 0.4) is 0 Å². The summed E-state index contributed by atoms with van der Waals surface area (Å²) in [7, 11) is 1.40. The van der Waals surface area contributed by atoms with Crippen LogP contribution in [0.2, 0.25) is 0 Å². The zero-order valence-electron chi connectivity index (χ0n) is 13.7. The number of nitrogens with zero attached hydrogens (tertiary/aromatic N) is 1. The van der Waals surface area contributed by atoms with E-state index in [1.807, 2.05) is 4.90 Å². The number of methoxy groups -OCH3 is 1. The number of aryl methyl sites for hydroxylation is 1. The predicted octanol–water partition coefficient (Wildman–Crippen LogP) is 3.91. The number of ether oxygens (including phenoxy) is 1. The summed E-state index contributed by atoms with van der Waals surface area (Å²) in [6.07, 6.45) is 3.39. The van der Waals surface area contributed by atoms with E-state index in [2.05, 4.69) is 18.2 Å². The molecule has 1 aliphatic carbocycles. The van der Waals surface area contributed by atoms with Crippen LogP contribution in [0.1, 0.15) is 45.8 Å². The summed E-state index contributed by atoms with van der Waals surface area (Å²) in [5, 5.41) is 0. The summed E-state index contributed by atoms with van der Waals surface area (Å²) in [6, 6.07) is 10.9. The molecule has 0 N–H and O–H groups in total. The van der Waals surface area contributed by atoms with E-state index in [0.717, 1.165) is 19.3 Å². The predicted molar refractivity (Wildman–Crippen MR) is 89.8 cm³/mol. The molecule has 124 valence electrons. The SMILES string of the molecule is COc1c(F)cccc1C(=O)N1Cc2cccc3c2C(CCC3)C1. The second-order valence-electron chi connectivity index (χ2n) is 6.59. The smallest absolute Gasteiger partial charge is 0.258 e. The molecule has 1 heterocycles. The highest BCUT2D eigenvalue weighted by molar-refractivity contribution is 5.97. The third kappa shape index (κ3) is 2.37. The van der Waals surface area contributed by atoms with Crippen LogP contribution in [0, 0.1) is 5.82 Å². The fourth-order valence-electron chi connectivity index (χ4n) is 4.16. The molecule has 0 radical (unpaired) electrons. The van der Waals surface area contributed by atoms with E-state index in [-0.39, 0.29) is 11.7 Å². The first-order valence-electron chi connectivity index (χ1n) is 8.41. The molecule has 24 heavy (non-hydrogen) atoms. The molecule has 0 aromatic heterocycles. The quantitative estimate of drug-likeness (QED) is 0.838. The number of benzene rings is 2. The maximum absolute atomic E-state index is 13.9. The number of amides is 1. The zero-order valence-corrected chi connectivity index (χ0v) is 13.7. The number of para-hydroxylation sites is 1. The van der Waals surface area contributed by atoms with E-state index < -0.39 is 5.82 Å². The van der Waals surface area contributed by atoms with Gasteiger partial charge in [-0.15, -0.1) is 0 Å². The van der Waals surface area contributed by atoms with Gasteiger partial charge in [-0.05, 0) is 48.1 Å². The normalized spacial score (nSPS) is 18.9. The molecular formula is C20H20FNO2. The summed E-state index contributed by atoms with van der Waals surface area (Å²) < 4.78 is 19.0. The van der Waals surface area contributed by atoms with Gasteiger partial charge in [-0.2, -0.15) is 0 Å². The third-order valence-corrected chi connectivity index (χ3v) is 5.18. The first kappa shape index (κ1) is 15.2. The van der Waals surface area contributed by atoms with E-state index in [4.69, 9.17) is 4.74 Å². The average molecular weight is 325 g/mol. The summed E-state index contributed by atoms with van der Waals surface area (Å²) in [4.78, 5) is 14.8. The first-order valence-corrected chi connectivity index (χ1v) is 8.41. The number of hydrogen-bond donors (Lipinski definition) is 0. The number of rotatable bonds is 2. The zero-order chi connectivity index (χ0) is 16.7. The lowest BCUT2D eigenvalue weighted by molar-refractivity contribution is 0.0707. The molecule has 1 atom stereocenters. The molecule has 1 amide bonds. The number of hydrogen-bond acceptors (Lipinski definition) is 2. The van der Waals surface area contributed by atoms with Crippen molar-refractivity contribution < 1.29 is 13.9 Å². The Balaban J connectivity index is 1.70. The van der Waals surface area contributed by atoms with Crippen LogP contribution in [-0.2, 0) is 13.0 Å². The Morgan fingerprint density at radius 2 is 2.00 bits per heavy atom. The van der Waals surface area contributed by atoms with Crippen LogP contribution in [0.25, 0.3) is 0 Å². The average Bonchev–Trinajstić information content (AvgIpc) is 2.61. The van der Waals surface area contributed by atoms with Crippen molar-refractivity contribution in [2.45, 2.75) is 31.7 Å². The minimum Gasteiger partial charge on any atom is -0.493 e. The summed E-state index contributed by atoms with van der Waals surface area (Å²) in [5.74, 6) is -0.235. The maximum atomic E-state index is 13.9. The fraction of sp³-hybridized carbons (Fsp3) is 0.350. The molecule has 2 aromatic carbocycles. The molecule has 2 aliphatic rings. The summed E-state index contributed by atoms with van der Waals surface area (Å²) in [5.41, 5.74) is 4.40. The Kier molecular flexibility index (Phi) is 3.75. The fourth-order valence-corrected chi connectivity index (χ4v) is 4.16. The lowest BCUT2D eigenvalue weighted by Gasteiger charge is -2.38. The van der Waals surface area contributed by atoms with Gasteiger partial charge in [-0.3, -0.25) is 4.79 Å². The van der Waals surface area contributed by atoms with Gasteiger partial charge in [-0.25, -0.2) is 4.39 Å². The van der Waals surface area contributed by atoms with Crippen molar-refractivity contribution in [1.29, 1.82) is 0 Å². The van der Waals surface area contributed by atoms with Gasteiger partial charge in [0.15, 0.2) is 11.6 Å². The molecule has 4 rings (SSSR count). The summed E-state index contributed by atoms with van der Waals surface area (Å²) in [6.45, 7) is 1.28. The van der Waals surface area contributed by atoms with Crippen LogP contribution in [-0.4, -0.2) is 24.5 Å². The van der Waals surface area contributed by atoms with E-state index in [1.54, 1.807) is 12.1 Å². The van der Waals surface area contributed by atoms with E-state index in [0.29, 0.717) is 24.6 Å². The molecule has 0 bridgehead atoms. The van der Waals surface area contributed by atoms with E-state index >= 15 is 0 Å². The minimum atomic E-state index is -0.499. The highest BCUT2D eigenvalue weighted by Gasteiger charge is 2.33. The molecule has 1 aliphatic heterocycles. The van der Waals surface area contributed by atoms with Crippen LogP contribution in [0.4, 0.5) is 4.39 Å². The van der Waals surface area contributed by atoms with Crippen molar-refractivity contribution in [1.82, 2.24) is 4.90 Å². The molecular weight excluding hydrogens is 305 g/mol. The first-order chi connectivity index (χ1) is 11.7. The van der Waals surface area contributed by atoms with Crippen molar-refractivity contribution in [2.24, 2.45) is 0 Å². The lowest BCUT2D eigenvalue weighted by atomic mass is 9.77. The third-order valence-electron chi connectivity index (χ3n) is 5.18. The van der Waals surface area contributed by atoms with Crippen molar-refractivity contribution in [3.63, 3.8) is 0 Å². The van der Waals surface area contributed by atoms with Gasteiger partial charge in [0, 0.05) is 19.0 Å². The van der Waals surface area contributed by atoms with Gasteiger partial charge in [0.05, 0.1) is 12.7 Å². The standard InChI is InChI=1S/C20H20FNO2/c1-24-19-16(9-4-10-17(19)21)20(23)22-11-14-7-2-5-13-6-3-8-15(12-22)18(13)14/h2,4-5,7,9-10,15H,3,6,8,11-12H2,1H3. The van der Waals surface area contributed by atoms with E-state index in [1.165, 1.54) is 29.9 Å². The molecule has 4 heteroatoms. The molecule has 0 saturated carbocycles. The van der Waals surface area contributed by atoms with Gasteiger partial charge in [-0.1, -0.05) is 24.3 Å². The monoisotopic (exact) mass is 325 g/mol. The largest absolute Gasteiger partial charge is 0.493 e. The van der Waals surface area contributed by atoms with E-state index in [9.17, 15) is 9.18 Å². The Hall–Kier alpha value is -2.36. The summed E-state index contributed by atoms with van der Waals surface area (Å²) >= 11 is 0. The molecule has 1 unspecified atom stereocenters. The van der Waals surface area contributed by atoms with Crippen molar-refractivity contribution >= 4 is 5.91 Å². The van der Waals surface area contributed by atoms with Gasteiger partial charge < -0.3 is 9.64 Å². The van der Waals surface area contributed by atoms with Gasteiger partial charge in [0.2, 0.25) is 0 Å². The number of carbonyl (C=O) groups excluding carboxylic acids is 1. The molecule has 2 aromatic rings. The lowest BCUT2D eigenvalue weighted by Crippen LogP contribution is -2.39. The van der Waals surface area contributed by atoms with Crippen molar-refractivity contribution in [3.05, 3.63) is 64.5 Å². The Morgan fingerprint density at radius 3 is 2.83 bits per heavy atom. The van der Waals surface area contributed by atoms with Gasteiger partial charge in [0.25, 0.3) is 5.91 Å². The topological polar surface area (TPSA) is 29.5 Å². The molecule has 0 saturated heterocycles. The van der Waals surface area contributed by atoms with Crippen LogP contribution in [0.15, 0.2) is 36.4 Å². The van der Waals surface area contributed by atoms with Crippen LogP contribution < -0.4 is 4.74 Å². The molecule has 3 nitrogen and oxygen atoms in total. The maximum Gasteiger partial charge on any atom is 0.258 e. The van der Waals surface area contributed by atoms with Crippen molar-refractivity contribution in [2.75, 3.05) is 13.7 Å². The van der Waals surface area contributed by atoms with Gasteiger partial charge >= 0.3 is 0 Å². The highest BCUT2D eigenvalue weighted by atomic mass is 19.1.